The van der Waals surface area contributed by atoms with Crippen molar-refractivity contribution >= 4 is 39.6 Å². The van der Waals surface area contributed by atoms with Gasteiger partial charge < -0.3 is 20.7 Å². The minimum absolute atomic E-state index is 0.0164. The van der Waals surface area contributed by atoms with Gasteiger partial charge in [-0.15, -0.1) is 0 Å². The molecule has 0 radical (unpaired) electrons. The van der Waals surface area contributed by atoms with Gasteiger partial charge in [0.05, 0.1) is 12.7 Å². The number of aliphatic hydroxyl groups is 2. The van der Waals surface area contributed by atoms with E-state index in [4.69, 9.17) is 15.6 Å². The van der Waals surface area contributed by atoms with Crippen LogP contribution in [0.1, 0.15) is 12.6 Å². The number of anilines is 1. The Labute approximate surface area is 125 Å². The van der Waals surface area contributed by atoms with Gasteiger partial charge in [-0.1, -0.05) is 0 Å². The first-order valence-corrected chi connectivity index (χ1v) is 6.97. The van der Waals surface area contributed by atoms with Crippen LogP contribution in [0.25, 0.3) is 11.0 Å². The molecule has 0 saturated carbocycles. The van der Waals surface area contributed by atoms with Crippen molar-refractivity contribution in [2.45, 2.75) is 24.9 Å². The quantitative estimate of drug-likeness (QED) is 0.478. The fourth-order valence-corrected chi connectivity index (χ4v) is 2.97. The fraction of sp³-hybridized carbons (Fsp3) is 0.500. The summed E-state index contributed by atoms with van der Waals surface area (Å²) in [6, 6.07) is 0. The largest absolute Gasteiger partial charge is 0.394 e. The number of hydrogen-bond acceptors (Lipinski definition) is 7. The summed E-state index contributed by atoms with van der Waals surface area (Å²) < 4.78 is 7.40. The Morgan fingerprint density at radius 2 is 2.35 bits per heavy atom. The van der Waals surface area contributed by atoms with Crippen LogP contribution in [0.15, 0.2) is 4.79 Å². The molecule has 108 valence electrons. The average Bonchev–Trinajstić information content (AvgIpc) is 2.90. The van der Waals surface area contributed by atoms with E-state index in [1.54, 1.807) is 0 Å². The molecule has 1 aliphatic heterocycles. The van der Waals surface area contributed by atoms with Crippen LogP contribution in [0, 0.1) is 3.70 Å². The summed E-state index contributed by atoms with van der Waals surface area (Å²) in [6.07, 6.45) is -1.80. The summed E-state index contributed by atoms with van der Waals surface area (Å²) >= 11 is 1.92. The molecule has 0 aromatic carbocycles. The molecule has 1 saturated heterocycles. The monoisotopic (exact) mass is 393 g/mol. The number of H-pyrrole nitrogens is 1. The number of rotatable bonds is 2. The van der Waals surface area contributed by atoms with Crippen molar-refractivity contribution in [3.8, 4) is 0 Å². The van der Waals surface area contributed by atoms with Crippen LogP contribution in [0.4, 0.5) is 5.95 Å². The van der Waals surface area contributed by atoms with Crippen molar-refractivity contribution in [3.05, 3.63) is 14.1 Å². The smallest absolute Gasteiger partial charge is 0.264 e. The molecule has 5 N–H and O–H groups in total. The van der Waals surface area contributed by atoms with Gasteiger partial charge in [0.2, 0.25) is 5.95 Å². The van der Waals surface area contributed by atoms with Crippen molar-refractivity contribution in [2.24, 2.45) is 0 Å². The van der Waals surface area contributed by atoms with Gasteiger partial charge in [-0.2, -0.15) is 10.1 Å². The van der Waals surface area contributed by atoms with E-state index in [0.717, 1.165) is 0 Å². The first-order chi connectivity index (χ1) is 9.51. The van der Waals surface area contributed by atoms with E-state index in [2.05, 4.69) is 15.1 Å². The number of aromatic amines is 1. The number of nitrogen functional groups attached to an aromatic ring is 1. The lowest BCUT2D eigenvalue weighted by atomic mass is 10.2. The van der Waals surface area contributed by atoms with Crippen molar-refractivity contribution in [1.82, 2.24) is 19.7 Å². The number of hydrogen-bond donors (Lipinski definition) is 4. The molecular weight excluding hydrogens is 381 g/mol. The van der Waals surface area contributed by atoms with Gasteiger partial charge in [0.25, 0.3) is 5.56 Å². The van der Waals surface area contributed by atoms with Crippen LogP contribution in [0.3, 0.4) is 0 Å². The van der Waals surface area contributed by atoms with E-state index in [-0.39, 0.29) is 24.5 Å². The van der Waals surface area contributed by atoms with Crippen molar-refractivity contribution in [3.63, 3.8) is 0 Å². The molecule has 1 aliphatic rings. The second-order valence-corrected chi connectivity index (χ2v) is 5.52. The van der Waals surface area contributed by atoms with E-state index in [9.17, 15) is 9.90 Å². The Morgan fingerprint density at radius 1 is 1.60 bits per heavy atom. The van der Waals surface area contributed by atoms with Crippen molar-refractivity contribution in [2.75, 3.05) is 12.3 Å². The first kappa shape index (κ1) is 13.7. The van der Waals surface area contributed by atoms with Crippen LogP contribution < -0.4 is 11.3 Å². The Morgan fingerprint density at radius 3 is 3.00 bits per heavy atom. The zero-order valence-electron chi connectivity index (χ0n) is 10.2. The third-order valence-electron chi connectivity index (χ3n) is 3.19. The molecule has 1 fully saturated rings. The van der Waals surface area contributed by atoms with E-state index < -0.39 is 18.4 Å². The van der Waals surface area contributed by atoms with Crippen LogP contribution >= 0.6 is 22.6 Å². The molecule has 1 unspecified atom stereocenters. The average molecular weight is 393 g/mol. The summed E-state index contributed by atoms with van der Waals surface area (Å²) in [7, 11) is 0. The van der Waals surface area contributed by atoms with Crippen LogP contribution in [-0.2, 0) is 4.74 Å². The summed E-state index contributed by atoms with van der Waals surface area (Å²) in [5, 5.41) is 23.4. The maximum absolute atomic E-state index is 11.9. The number of aliphatic hydroxyl groups excluding tert-OH is 2. The van der Waals surface area contributed by atoms with Gasteiger partial charge in [-0.3, -0.25) is 9.78 Å². The number of halogens is 1. The first-order valence-electron chi connectivity index (χ1n) is 5.89. The number of nitrogens with one attached hydrogen (secondary N) is 1. The highest BCUT2D eigenvalue weighted by molar-refractivity contribution is 14.1. The molecule has 20 heavy (non-hydrogen) atoms. The topological polar surface area (TPSA) is 139 Å². The SMILES string of the molecule is Nc1nc2c(c(I)nn2[C@H]2CC(O)[C@@H](CO)O2)c(=O)[nH]1. The molecule has 3 atom stereocenters. The lowest BCUT2D eigenvalue weighted by molar-refractivity contribution is -0.0471. The van der Waals surface area contributed by atoms with Gasteiger partial charge >= 0.3 is 0 Å². The minimum Gasteiger partial charge on any atom is -0.394 e. The molecule has 3 heterocycles. The van der Waals surface area contributed by atoms with Crippen molar-refractivity contribution < 1.29 is 14.9 Å². The lowest BCUT2D eigenvalue weighted by Crippen LogP contribution is -2.24. The molecule has 0 bridgehead atoms. The maximum atomic E-state index is 11.9. The van der Waals surface area contributed by atoms with E-state index in [1.165, 1.54) is 4.68 Å². The summed E-state index contributed by atoms with van der Waals surface area (Å²) in [5.74, 6) is -0.0164. The number of aromatic nitrogens is 4. The normalized spacial score (nSPS) is 26.4. The molecule has 2 aromatic heterocycles. The number of nitrogens with two attached hydrogens (primary N) is 1. The number of fused-ring (bicyclic) bond motifs is 1. The lowest BCUT2D eigenvalue weighted by Gasteiger charge is -2.12. The van der Waals surface area contributed by atoms with Gasteiger partial charge in [-0.25, -0.2) is 4.68 Å². The van der Waals surface area contributed by atoms with Gasteiger partial charge in [-0.05, 0) is 22.6 Å². The molecular formula is C10H12IN5O4. The zero-order valence-corrected chi connectivity index (χ0v) is 12.3. The molecule has 0 aliphatic carbocycles. The molecule has 0 amide bonds. The van der Waals surface area contributed by atoms with Gasteiger partial charge in [0.15, 0.2) is 11.9 Å². The second-order valence-electron chi connectivity index (χ2n) is 4.50. The molecule has 0 spiro atoms. The second kappa shape index (κ2) is 4.95. The number of nitrogens with zero attached hydrogens (tertiary/aromatic N) is 3. The molecule has 9 nitrogen and oxygen atoms in total. The zero-order chi connectivity index (χ0) is 14.4. The highest BCUT2D eigenvalue weighted by atomic mass is 127. The molecule has 3 rings (SSSR count). The van der Waals surface area contributed by atoms with Crippen LogP contribution in [0.5, 0.6) is 0 Å². The fourth-order valence-electron chi connectivity index (χ4n) is 2.25. The maximum Gasteiger partial charge on any atom is 0.264 e. The Balaban J connectivity index is 2.11. The van der Waals surface area contributed by atoms with Crippen molar-refractivity contribution in [1.29, 1.82) is 0 Å². The van der Waals surface area contributed by atoms with Crippen LogP contribution in [-0.4, -0.2) is 48.8 Å². The minimum atomic E-state index is -0.791. The third kappa shape index (κ3) is 2.08. The molecule has 10 heteroatoms. The summed E-state index contributed by atoms with van der Waals surface area (Å²) in [6.45, 7) is -0.288. The standard InChI is InChI=1S/C10H12IN5O4/c11-7-6-8(13-10(12)14-9(6)19)16(15-7)5-1-3(18)4(2-17)20-5/h3-5,17-18H,1-2H2,(H3,12,13,14,19)/t3?,4-,5-/m1/s1. The predicted molar refractivity (Wildman–Crippen MR) is 76.9 cm³/mol. The predicted octanol–water partition coefficient (Wildman–Crippen LogP) is -1.05. The summed E-state index contributed by atoms with van der Waals surface area (Å²) in [4.78, 5) is 18.4. The highest BCUT2D eigenvalue weighted by Gasteiger charge is 2.36. The molecule has 2 aromatic rings. The Bertz CT molecular complexity index is 713. The highest BCUT2D eigenvalue weighted by Crippen LogP contribution is 2.30. The van der Waals surface area contributed by atoms with Crippen LogP contribution in [0.2, 0.25) is 0 Å². The van der Waals surface area contributed by atoms with Gasteiger partial charge in [0, 0.05) is 6.42 Å². The van der Waals surface area contributed by atoms with E-state index >= 15 is 0 Å². The Hall–Kier alpha value is -1.24. The third-order valence-corrected chi connectivity index (χ3v) is 3.95. The van der Waals surface area contributed by atoms with E-state index in [0.29, 0.717) is 14.7 Å². The Kier molecular flexibility index (Phi) is 3.40. The number of ether oxygens (including phenoxy) is 1. The summed E-state index contributed by atoms with van der Waals surface area (Å²) in [5.41, 5.74) is 5.46. The van der Waals surface area contributed by atoms with Gasteiger partial charge in [0.1, 0.15) is 15.2 Å². The van der Waals surface area contributed by atoms with E-state index in [1.807, 2.05) is 22.6 Å².